The second-order valence-corrected chi connectivity index (χ2v) is 6.37. The molecule has 3 aromatic rings. The van der Waals surface area contributed by atoms with Gasteiger partial charge in [0, 0.05) is 18.3 Å². The molecule has 0 aliphatic rings. The number of nitrogens with zero attached hydrogens (tertiary/aromatic N) is 3. The molecule has 2 N–H and O–H groups in total. The summed E-state index contributed by atoms with van der Waals surface area (Å²) in [7, 11) is 3.26. The van der Waals surface area contributed by atoms with Crippen LogP contribution in [0.25, 0.3) is 0 Å². The van der Waals surface area contributed by atoms with E-state index in [9.17, 15) is 0 Å². The van der Waals surface area contributed by atoms with Gasteiger partial charge in [-0.05, 0) is 55.3 Å². The van der Waals surface area contributed by atoms with E-state index in [-0.39, 0.29) is 0 Å². The van der Waals surface area contributed by atoms with Crippen LogP contribution in [0.5, 0.6) is 11.5 Å². The second kappa shape index (κ2) is 9.42. The van der Waals surface area contributed by atoms with Crippen molar-refractivity contribution in [3.05, 3.63) is 65.5 Å². The number of hydrogen-bond acceptors (Lipinski definition) is 7. The maximum Gasteiger partial charge on any atom is 0.160 e. The van der Waals surface area contributed by atoms with Gasteiger partial charge in [0.1, 0.15) is 17.5 Å². The first-order chi connectivity index (χ1) is 14.1. The molecule has 0 unspecified atom stereocenters. The predicted molar refractivity (Wildman–Crippen MR) is 113 cm³/mol. The third-order valence-electron chi connectivity index (χ3n) is 4.29. The number of anilines is 3. The monoisotopic (exact) mass is 389 g/mol. The Balaban J connectivity index is 1.63. The zero-order chi connectivity index (χ0) is 20.6. The molecule has 29 heavy (non-hydrogen) atoms. The number of methoxy groups -OCH3 is 2. The molecule has 7 heteroatoms. The summed E-state index contributed by atoms with van der Waals surface area (Å²) in [6.45, 7) is 2.56. The van der Waals surface area contributed by atoms with Crippen molar-refractivity contribution in [2.75, 3.05) is 31.4 Å². The molecule has 0 aliphatic heterocycles. The topological polar surface area (TPSA) is 92.1 Å². The van der Waals surface area contributed by atoms with Crippen LogP contribution < -0.4 is 20.1 Å². The van der Waals surface area contributed by atoms with Gasteiger partial charge < -0.3 is 20.1 Å². The van der Waals surface area contributed by atoms with Gasteiger partial charge >= 0.3 is 0 Å². The quantitative estimate of drug-likeness (QED) is 0.600. The minimum absolute atomic E-state index is 0.618. The third kappa shape index (κ3) is 5.36. The van der Waals surface area contributed by atoms with Crippen molar-refractivity contribution in [2.24, 2.45) is 0 Å². The van der Waals surface area contributed by atoms with Gasteiger partial charge in [-0.1, -0.05) is 6.07 Å². The summed E-state index contributed by atoms with van der Waals surface area (Å²) in [5, 5.41) is 15.5. The average molecular weight is 389 g/mol. The lowest BCUT2D eigenvalue weighted by Crippen LogP contribution is -2.08. The molecule has 1 aromatic heterocycles. The Bertz CT molecular complexity index is 1010. The number of rotatable bonds is 8. The molecule has 0 radical (unpaired) electrons. The Labute approximate surface area is 170 Å². The van der Waals surface area contributed by atoms with Crippen LogP contribution in [-0.4, -0.2) is 30.7 Å². The molecular formula is C22H23N5O2. The van der Waals surface area contributed by atoms with Crippen molar-refractivity contribution in [3.8, 4) is 17.6 Å². The van der Waals surface area contributed by atoms with E-state index < -0.39 is 0 Å². The van der Waals surface area contributed by atoms with Gasteiger partial charge in [-0.2, -0.15) is 5.26 Å². The fourth-order valence-corrected chi connectivity index (χ4v) is 2.87. The number of nitrogens with one attached hydrogen (secondary N) is 2. The SMILES string of the molecule is COc1ccc(CCNc2cc(Nc3ccc(C#N)cc3)nc(C)n2)cc1OC. The molecule has 0 saturated carbocycles. The molecule has 3 rings (SSSR count). The fourth-order valence-electron chi connectivity index (χ4n) is 2.87. The van der Waals surface area contributed by atoms with Crippen molar-refractivity contribution >= 4 is 17.3 Å². The Morgan fingerprint density at radius 1 is 0.931 bits per heavy atom. The maximum absolute atomic E-state index is 8.90. The standard InChI is InChI=1S/C22H23N5O2/c1-15-25-21(13-22(26-15)27-18-7-4-17(14-23)5-8-18)24-11-10-16-6-9-19(28-2)20(12-16)29-3/h4-9,12-13H,10-11H2,1-3H3,(H2,24,25,26,27). The van der Waals surface area contributed by atoms with Gasteiger partial charge in [-0.15, -0.1) is 0 Å². The summed E-state index contributed by atoms with van der Waals surface area (Å²) in [6.07, 6.45) is 0.807. The Morgan fingerprint density at radius 3 is 2.34 bits per heavy atom. The molecular weight excluding hydrogens is 366 g/mol. The van der Waals surface area contributed by atoms with E-state index in [0.717, 1.165) is 29.2 Å². The zero-order valence-electron chi connectivity index (χ0n) is 16.7. The summed E-state index contributed by atoms with van der Waals surface area (Å²) < 4.78 is 10.6. The summed E-state index contributed by atoms with van der Waals surface area (Å²) in [5.41, 5.74) is 2.61. The van der Waals surface area contributed by atoms with E-state index in [4.69, 9.17) is 14.7 Å². The Hall–Kier alpha value is -3.79. The summed E-state index contributed by atoms with van der Waals surface area (Å²) in [4.78, 5) is 8.87. The molecule has 0 aliphatic carbocycles. The highest BCUT2D eigenvalue weighted by molar-refractivity contribution is 5.60. The van der Waals surface area contributed by atoms with Crippen LogP contribution in [0.1, 0.15) is 17.0 Å². The number of aryl methyl sites for hydroxylation is 1. The van der Waals surface area contributed by atoms with E-state index in [0.29, 0.717) is 29.5 Å². The fraction of sp³-hybridized carbons (Fsp3) is 0.227. The lowest BCUT2D eigenvalue weighted by atomic mass is 10.1. The largest absolute Gasteiger partial charge is 0.493 e. The number of ether oxygens (including phenoxy) is 2. The molecule has 0 spiro atoms. The van der Waals surface area contributed by atoms with Crippen LogP contribution in [0, 0.1) is 18.3 Å². The second-order valence-electron chi connectivity index (χ2n) is 6.37. The minimum atomic E-state index is 0.618. The van der Waals surface area contributed by atoms with Gasteiger partial charge in [-0.25, -0.2) is 9.97 Å². The third-order valence-corrected chi connectivity index (χ3v) is 4.29. The van der Waals surface area contributed by atoms with Gasteiger partial charge in [0.25, 0.3) is 0 Å². The van der Waals surface area contributed by atoms with Gasteiger partial charge in [0.05, 0.1) is 25.9 Å². The Kier molecular flexibility index (Phi) is 6.48. The van der Waals surface area contributed by atoms with Crippen molar-refractivity contribution in [1.82, 2.24) is 9.97 Å². The van der Waals surface area contributed by atoms with Crippen LogP contribution in [-0.2, 0) is 6.42 Å². The molecule has 0 atom stereocenters. The summed E-state index contributed by atoms with van der Waals surface area (Å²) >= 11 is 0. The van der Waals surface area contributed by atoms with Crippen molar-refractivity contribution in [1.29, 1.82) is 5.26 Å². The van der Waals surface area contributed by atoms with E-state index >= 15 is 0 Å². The molecule has 0 fully saturated rings. The summed E-state index contributed by atoms with van der Waals surface area (Å²) in [6, 6.07) is 17.1. The Morgan fingerprint density at radius 2 is 1.66 bits per heavy atom. The van der Waals surface area contributed by atoms with Gasteiger partial charge in [0.2, 0.25) is 0 Å². The van der Waals surface area contributed by atoms with Crippen molar-refractivity contribution < 1.29 is 9.47 Å². The first-order valence-corrected chi connectivity index (χ1v) is 9.19. The molecule has 2 aromatic carbocycles. The molecule has 1 heterocycles. The lowest BCUT2D eigenvalue weighted by Gasteiger charge is -2.12. The first-order valence-electron chi connectivity index (χ1n) is 9.19. The smallest absolute Gasteiger partial charge is 0.160 e. The number of nitriles is 1. The number of benzene rings is 2. The summed E-state index contributed by atoms with van der Waals surface area (Å²) in [5.74, 6) is 3.54. The number of hydrogen-bond donors (Lipinski definition) is 2. The molecule has 0 saturated heterocycles. The first kappa shape index (κ1) is 20.0. The highest BCUT2D eigenvalue weighted by atomic mass is 16.5. The highest BCUT2D eigenvalue weighted by Gasteiger charge is 2.06. The van der Waals surface area contributed by atoms with Gasteiger partial charge in [0.15, 0.2) is 11.5 Å². The average Bonchev–Trinajstić information content (AvgIpc) is 2.73. The molecule has 0 amide bonds. The van der Waals surface area contributed by atoms with Crippen LogP contribution >= 0.6 is 0 Å². The zero-order valence-corrected chi connectivity index (χ0v) is 16.7. The van der Waals surface area contributed by atoms with E-state index in [1.807, 2.05) is 43.3 Å². The maximum atomic E-state index is 8.90. The van der Waals surface area contributed by atoms with Crippen LogP contribution in [0.4, 0.5) is 17.3 Å². The molecule has 148 valence electrons. The molecule has 7 nitrogen and oxygen atoms in total. The van der Waals surface area contributed by atoms with E-state index in [2.05, 4.69) is 26.7 Å². The van der Waals surface area contributed by atoms with E-state index in [1.54, 1.807) is 26.4 Å². The van der Waals surface area contributed by atoms with Crippen LogP contribution in [0.3, 0.4) is 0 Å². The van der Waals surface area contributed by atoms with Crippen molar-refractivity contribution in [3.63, 3.8) is 0 Å². The van der Waals surface area contributed by atoms with Crippen LogP contribution in [0.2, 0.25) is 0 Å². The minimum Gasteiger partial charge on any atom is -0.493 e. The van der Waals surface area contributed by atoms with Crippen LogP contribution in [0.15, 0.2) is 48.5 Å². The highest BCUT2D eigenvalue weighted by Crippen LogP contribution is 2.27. The van der Waals surface area contributed by atoms with E-state index in [1.165, 1.54) is 0 Å². The molecule has 0 bridgehead atoms. The normalized spacial score (nSPS) is 10.1. The van der Waals surface area contributed by atoms with Crippen molar-refractivity contribution in [2.45, 2.75) is 13.3 Å². The lowest BCUT2D eigenvalue weighted by molar-refractivity contribution is 0.354. The number of aromatic nitrogens is 2. The predicted octanol–water partition coefficient (Wildman–Crippen LogP) is 4.07. The van der Waals surface area contributed by atoms with Gasteiger partial charge in [-0.3, -0.25) is 0 Å².